The fraction of sp³-hybridized carbons (Fsp3) is 0.0909. The first-order valence-corrected chi connectivity index (χ1v) is 5.43. The summed E-state index contributed by atoms with van der Waals surface area (Å²) in [7, 11) is 1.42. The van der Waals surface area contributed by atoms with E-state index in [4.69, 9.17) is 15.3 Å². The van der Waals surface area contributed by atoms with Crippen LogP contribution in [0.4, 0.5) is 11.5 Å². The van der Waals surface area contributed by atoms with Crippen molar-refractivity contribution in [1.82, 2.24) is 9.97 Å². The van der Waals surface area contributed by atoms with Gasteiger partial charge in [0.25, 0.3) is 0 Å². The van der Waals surface area contributed by atoms with Crippen molar-refractivity contribution >= 4 is 11.5 Å². The van der Waals surface area contributed by atoms with Crippen LogP contribution in [0, 0.1) is 10.1 Å². The maximum atomic E-state index is 11.0. The van der Waals surface area contributed by atoms with E-state index in [1.807, 2.05) is 0 Å². The molecule has 2 rings (SSSR count). The van der Waals surface area contributed by atoms with Gasteiger partial charge in [-0.15, -0.1) is 0 Å². The molecule has 9 heteroatoms. The van der Waals surface area contributed by atoms with Gasteiger partial charge in [0.1, 0.15) is 5.75 Å². The molecule has 3 N–H and O–H groups in total. The summed E-state index contributed by atoms with van der Waals surface area (Å²) in [6.07, 6.45) is 2.70. The zero-order valence-corrected chi connectivity index (χ0v) is 10.4. The molecule has 0 atom stereocenters. The quantitative estimate of drug-likeness (QED) is 0.478. The van der Waals surface area contributed by atoms with Crippen molar-refractivity contribution in [2.24, 2.45) is 5.84 Å². The Morgan fingerprint density at radius 1 is 1.40 bits per heavy atom. The minimum absolute atomic E-state index is 0.0271. The summed E-state index contributed by atoms with van der Waals surface area (Å²) in [5, 5.41) is 11.0. The number of methoxy groups -OCH3 is 1. The number of rotatable bonds is 5. The highest BCUT2D eigenvalue weighted by atomic mass is 16.6. The third-order valence-corrected chi connectivity index (χ3v) is 2.34. The van der Waals surface area contributed by atoms with Gasteiger partial charge in [-0.05, 0) is 12.1 Å². The molecule has 1 heterocycles. The molecule has 0 unspecified atom stereocenters. The van der Waals surface area contributed by atoms with E-state index in [9.17, 15) is 10.1 Å². The number of ether oxygens (including phenoxy) is 2. The fourth-order valence-corrected chi connectivity index (χ4v) is 1.43. The van der Waals surface area contributed by atoms with E-state index in [1.54, 1.807) is 6.07 Å². The number of nitrogens with one attached hydrogen (secondary N) is 1. The summed E-state index contributed by atoms with van der Waals surface area (Å²) < 4.78 is 10.3. The molecule has 0 spiro atoms. The number of nitro groups is 1. The summed E-state index contributed by atoms with van der Waals surface area (Å²) in [5.41, 5.74) is 2.06. The van der Waals surface area contributed by atoms with Gasteiger partial charge < -0.3 is 14.9 Å². The molecule has 2 aromatic rings. The van der Waals surface area contributed by atoms with Gasteiger partial charge in [0.2, 0.25) is 11.6 Å². The lowest BCUT2D eigenvalue weighted by atomic mass is 10.3. The molecule has 0 bridgehead atoms. The number of hydrazine groups is 1. The van der Waals surface area contributed by atoms with E-state index < -0.39 is 4.92 Å². The molecular formula is C11H11N5O4. The molecule has 0 radical (unpaired) electrons. The van der Waals surface area contributed by atoms with E-state index in [2.05, 4.69) is 15.4 Å². The van der Waals surface area contributed by atoms with Gasteiger partial charge in [0, 0.05) is 0 Å². The van der Waals surface area contributed by atoms with Crippen molar-refractivity contribution in [2.75, 3.05) is 12.5 Å². The molecule has 0 aliphatic rings. The Hall–Kier alpha value is -2.94. The lowest BCUT2D eigenvalue weighted by Crippen LogP contribution is -2.09. The van der Waals surface area contributed by atoms with Gasteiger partial charge in [-0.25, -0.2) is 5.84 Å². The highest BCUT2D eigenvalue weighted by Crippen LogP contribution is 2.33. The van der Waals surface area contributed by atoms with E-state index in [0.717, 1.165) is 0 Å². The average Bonchev–Trinajstić information content (AvgIpc) is 2.47. The maximum Gasteiger partial charge on any atom is 0.315 e. The fourth-order valence-electron chi connectivity index (χ4n) is 1.43. The number of nitrogens with zero attached hydrogens (tertiary/aromatic N) is 3. The molecule has 1 aromatic heterocycles. The van der Waals surface area contributed by atoms with Crippen LogP contribution in [0.5, 0.6) is 17.4 Å². The smallest absolute Gasteiger partial charge is 0.315 e. The second kappa shape index (κ2) is 5.80. The molecule has 0 saturated heterocycles. The van der Waals surface area contributed by atoms with Crippen LogP contribution < -0.4 is 20.7 Å². The standard InChI is InChI=1S/C11H11N5O4/c1-19-7-2-3-9(8(4-7)16(17)18)20-11-6-13-5-10(14-11)15-12/h2-6H,12H2,1H3,(H,14,15). The van der Waals surface area contributed by atoms with Crippen LogP contribution in [0.2, 0.25) is 0 Å². The number of nitrogens with two attached hydrogens (primary N) is 1. The van der Waals surface area contributed by atoms with Gasteiger partial charge in [0.05, 0.1) is 30.5 Å². The molecule has 0 aliphatic heterocycles. The average molecular weight is 277 g/mol. The van der Waals surface area contributed by atoms with Crippen LogP contribution in [0.1, 0.15) is 0 Å². The van der Waals surface area contributed by atoms with Crippen molar-refractivity contribution in [3.05, 3.63) is 40.7 Å². The highest BCUT2D eigenvalue weighted by molar-refractivity contribution is 5.52. The van der Waals surface area contributed by atoms with E-state index in [0.29, 0.717) is 5.75 Å². The summed E-state index contributed by atoms with van der Waals surface area (Å²) in [6.45, 7) is 0. The number of benzene rings is 1. The number of hydrogen-bond donors (Lipinski definition) is 2. The number of hydrogen-bond acceptors (Lipinski definition) is 8. The van der Waals surface area contributed by atoms with E-state index in [-0.39, 0.29) is 23.1 Å². The summed E-state index contributed by atoms with van der Waals surface area (Å²) >= 11 is 0. The minimum atomic E-state index is -0.573. The predicted octanol–water partition coefficient (Wildman–Crippen LogP) is 1.47. The van der Waals surface area contributed by atoms with Crippen LogP contribution in [0.25, 0.3) is 0 Å². The molecule has 1 aromatic carbocycles. The molecule has 0 amide bonds. The second-order valence-corrected chi connectivity index (χ2v) is 3.58. The monoisotopic (exact) mass is 277 g/mol. The molecule has 20 heavy (non-hydrogen) atoms. The Balaban J connectivity index is 2.34. The molecule has 104 valence electrons. The summed E-state index contributed by atoms with van der Waals surface area (Å²) in [5.74, 6) is 5.93. The minimum Gasteiger partial charge on any atom is -0.496 e. The van der Waals surface area contributed by atoms with Crippen LogP contribution in [0.3, 0.4) is 0 Å². The van der Waals surface area contributed by atoms with Crippen molar-refractivity contribution < 1.29 is 14.4 Å². The zero-order valence-electron chi connectivity index (χ0n) is 10.4. The van der Waals surface area contributed by atoms with Crippen LogP contribution in [-0.4, -0.2) is 22.0 Å². The highest BCUT2D eigenvalue weighted by Gasteiger charge is 2.18. The molecule has 0 fully saturated rings. The SMILES string of the molecule is COc1ccc(Oc2cncc(NN)n2)c([N+](=O)[O-])c1. The van der Waals surface area contributed by atoms with Gasteiger partial charge in [-0.3, -0.25) is 15.1 Å². The first-order valence-electron chi connectivity index (χ1n) is 5.43. The van der Waals surface area contributed by atoms with Crippen molar-refractivity contribution in [2.45, 2.75) is 0 Å². The molecule has 0 aliphatic carbocycles. The normalized spacial score (nSPS) is 9.90. The van der Waals surface area contributed by atoms with Gasteiger partial charge in [0.15, 0.2) is 5.82 Å². The number of nitro benzene ring substituents is 1. The number of anilines is 1. The van der Waals surface area contributed by atoms with E-state index >= 15 is 0 Å². The Labute approximate surface area is 113 Å². The Bertz CT molecular complexity index is 634. The second-order valence-electron chi connectivity index (χ2n) is 3.58. The third-order valence-electron chi connectivity index (χ3n) is 2.34. The first-order chi connectivity index (χ1) is 9.63. The van der Waals surface area contributed by atoms with Crippen molar-refractivity contribution in [3.63, 3.8) is 0 Å². The summed E-state index contributed by atoms with van der Waals surface area (Å²) in [4.78, 5) is 18.2. The topological polar surface area (TPSA) is 125 Å². The first kappa shape index (κ1) is 13.5. The van der Waals surface area contributed by atoms with Gasteiger partial charge in [-0.2, -0.15) is 4.98 Å². The van der Waals surface area contributed by atoms with Crippen LogP contribution >= 0.6 is 0 Å². The largest absolute Gasteiger partial charge is 0.496 e. The van der Waals surface area contributed by atoms with Crippen LogP contribution in [-0.2, 0) is 0 Å². The third kappa shape index (κ3) is 2.90. The predicted molar refractivity (Wildman–Crippen MR) is 69.6 cm³/mol. The Morgan fingerprint density at radius 2 is 2.20 bits per heavy atom. The zero-order chi connectivity index (χ0) is 14.5. The number of nitrogen functional groups attached to an aromatic ring is 1. The molecule has 9 nitrogen and oxygen atoms in total. The maximum absolute atomic E-state index is 11.0. The Kier molecular flexibility index (Phi) is 3.91. The van der Waals surface area contributed by atoms with E-state index in [1.165, 1.54) is 31.6 Å². The van der Waals surface area contributed by atoms with Gasteiger partial charge in [-0.1, -0.05) is 0 Å². The van der Waals surface area contributed by atoms with Crippen molar-refractivity contribution in [1.29, 1.82) is 0 Å². The lowest BCUT2D eigenvalue weighted by Gasteiger charge is -2.07. The van der Waals surface area contributed by atoms with Crippen molar-refractivity contribution in [3.8, 4) is 17.4 Å². The molecular weight excluding hydrogens is 266 g/mol. The molecule has 0 saturated carbocycles. The summed E-state index contributed by atoms with van der Waals surface area (Å²) in [6, 6.07) is 4.22. The lowest BCUT2D eigenvalue weighted by molar-refractivity contribution is -0.385. The van der Waals surface area contributed by atoms with Crippen LogP contribution in [0.15, 0.2) is 30.6 Å². The number of aromatic nitrogens is 2. The van der Waals surface area contributed by atoms with Gasteiger partial charge >= 0.3 is 5.69 Å². The Morgan fingerprint density at radius 3 is 2.85 bits per heavy atom.